The van der Waals surface area contributed by atoms with Crippen molar-refractivity contribution in [2.75, 3.05) is 6.54 Å². The number of carbonyl (C=O) groups is 1. The molecule has 1 fully saturated rings. The fraction of sp³-hybridized carbons (Fsp3) is 0.562. The Morgan fingerprint density at radius 1 is 1.71 bits per heavy atom. The van der Waals surface area contributed by atoms with Crippen LogP contribution in [0.15, 0.2) is 29.8 Å². The monoisotopic (exact) mass is 288 g/mol. The minimum Gasteiger partial charge on any atom is -0.330 e. The van der Waals surface area contributed by atoms with E-state index in [0.29, 0.717) is 18.4 Å². The summed E-state index contributed by atoms with van der Waals surface area (Å²) in [7, 11) is 0. The number of allylic oxidation sites excluding steroid dienone is 1. The molecule has 0 saturated heterocycles. The summed E-state index contributed by atoms with van der Waals surface area (Å²) in [6.45, 7) is 6.63. The molecule has 5 heteroatoms. The third-order valence-electron chi connectivity index (χ3n) is 4.30. The second-order valence-electron chi connectivity index (χ2n) is 5.96. The Labute approximate surface area is 126 Å². The number of aromatic nitrogens is 2. The largest absolute Gasteiger partial charge is 0.330 e. The quantitative estimate of drug-likeness (QED) is 0.495. The van der Waals surface area contributed by atoms with Gasteiger partial charge in [0.25, 0.3) is 0 Å². The Balaban J connectivity index is 2.15. The molecule has 2 N–H and O–H groups in total. The maximum atomic E-state index is 11.6. The number of rotatable bonds is 6. The van der Waals surface area contributed by atoms with Gasteiger partial charge in [0.2, 0.25) is 0 Å². The number of nitrogens with zero attached hydrogens (tertiary/aromatic N) is 3. The summed E-state index contributed by atoms with van der Waals surface area (Å²) in [6.07, 6.45) is 10.2. The normalized spacial score (nSPS) is 27.0. The summed E-state index contributed by atoms with van der Waals surface area (Å²) >= 11 is 0. The predicted molar refractivity (Wildman–Crippen MR) is 84.2 cm³/mol. The predicted octanol–water partition coefficient (Wildman–Crippen LogP) is 2.12. The third kappa shape index (κ3) is 3.13. The van der Waals surface area contributed by atoms with Crippen LogP contribution in [0.4, 0.5) is 0 Å². The number of aliphatic imine (C=N–C) groups is 1. The zero-order chi connectivity index (χ0) is 15.5. The molecule has 0 radical (unpaired) electrons. The van der Waals surface area contributed by atoms with E-state index in [4.69, 9.17) is 5.73 Å². The van der Waals surface area contributed by atoms with Crippen LogP contribution >= 0.6 is 0 Å². The van der Waals surface area contributed by atoms with E-state index < -0.39 is 5.41 Å². The highest BCUT2D eigenvalue weighted by Crippen LogP contribution is 2.54. The molecule has 0 spiro atoms. The summed E-state index contributed by atoms with van der Waals surface area (Å²) in [4.78, 5) is 20.3. The first-order valence-electron chi connectivity index (χ1n) is 7.44. The average Bonchev–Trinajstić information content (AvgIpc) is 2.97. The molecule has 1 saturated carbocycles. The summed E-state index contributed by atoms with van der Waals surface area (Å²) < 4.78 is 1.86. The summed E-state index contributed by atoms with van der Waals surface area (Å²) in [5.74, 6) is 1.64. The van der Waals surface area contributed by atoms with Gasteiger partial charge in [0.15, 0.2) is 0 Å². The lowest BCUT2D eigenvalue weighted by atomic mass is 9.95. The molecule has 2 unspecified atom stereocenters. The van der Waals surface area contributed by atoms with E-state index in [2.05, 4.69) is 16.9 Å². The molecule has 1 aromatic heterocycles. The van der Waals surface area contributed by atoms with E-state index in [-0.39, 0.29) is 0 Å². The Hall–Kier alpha value is -1.75. The number of hydrogen-bond acceptors (Lipinski definition) is 4. The van der Waals surface area contributed by atoms with E-state index in [1.165, 1.54) is 0 Å². The molecule has 114 valence electrons. The van der Waals surface area contributed by atoms with E-state index in [0.717, 1.165) is 30.7 Å². The van der Waals surface area contributed by atoms with Crippen molar-refractivity contribution in [1.82, 2.24) is 9.55 Å². The molecule has 1 aromatic rings. The minimum absolute atomic E-state index is 0.365. The second-order valence-corrected chi connectivity index (χ2v) is 5.96. The number of nitrogens with two attached hydrogens (primary N) is 1. The van der Waals surface area contributed by atoms with Gasteiger partial charge in [0.1, 0.15) is 18.4 Å². The van der Waals surface area contributed by atoms with Crippen LogP contribution in [-0.4, -0.2) is 28.2 Å². The van der Waals surface area contributed by atoms with Gasteiger partial charge in [0, 0.05) is 12.4 Å². The molecular formula is C16H24N4O. The fourth-order valence-electron chi connectivity index (χ4n) is 2.73. The van der Waals surface area contributed by atoms with Crippen molar-refractivity contribution in [2.45, 2.75) is 39.0 Å². The lowest BCUT2D eigenvalue weighted by Gasteiger charge is -2.10. The molecular weight excluding hydrogens is 264 g/mol. The van der Waals surface area contributed by atoms with Crippen LogP contribution in [0.3, 0.4) is 0 Å². The highest BCUT2D eigenvalue weighted by molar-refractivity contribution is 5.83. The maximum Gasteiger partial charge on any atom is 0.132 e. The van der Waals surface area contributed by atoms with Gasteiger partial charge in [-0.05, 0) is 45.1 Å². The summed E-state index contributed by atoms with van der Waals surface area (Å²) in [5.41, 5.74) is 6.12. The highest BCUT2D eigenvalue weighted by atomic mass is 16.1. The lowest BCUT2D eigenvalue weighted by molar-refractivity contribution is -0.110. The van der Waals surface area contributed by atoms with Crippen LogP contribution in [0, 0.1) is 11.8 Å². The molecule has 1 heterocycles. The Morgan fingerprint density at radius 3 is 3.10 bits per heavy atom. The van der Waals surface area contributed by atoms with Gasteiger partial charge in [-0.25, -0.2) is 9.98 Å². The van der Waals surface area contributed by atoms with Crippen LogP contribution in [0.5, 0.6) is 0 Å². The molecule has 0 amide bonds. The Morgan fingerprint density at radius 2 is 2.48 bits per heavy atom. The number of aldehydes is 1. The zero-order valence-electron chi connectivity index (χ0n) is 13.0. The lowest BCUT2D eigenvalue weighted by Crippen LogP contribution is -2.17. The fourth-order valence-corrected chi connectivity index (χ4v) is 2.73. The van der Waals surface area contributed by atoms with Gasteiger partial charge in [-0.3, -0.25) is 4.57 Å². The number of imidazole rings is 1. The van der Waals surface area contributed by atoms with Crippen molar-refractivity contribution < 1.29 is 4.79 Å². The maximum absolute atomic E-state index is 11.6. The molecule has 1 aliphatic carbocycles. The molecule has 2 rings (SSSR count). The van der Waals surface area contributed by atoms with Gasteiger partial charge < -0.3 is 10.5 Å². The van der Waals surface area contributed by atoms with E-state index in [9.17, 15) is 4.79 Å². The van der Waals surface area contributed by atoms with Crippen LogP contribution in [-0.2, 0) is 10.2 Å². The Bertz CT molecular complexity index is 560. The van der Waals surface area contributed by atoms with Crippen molar-refractivity contribution in [3.8, 4) is 0 Å². The molecule has 0 bridgehead atoms. The van der Waals surface area contributed by atoms with Gasteiger partial charge in [-0.15, -0.1) is 0 Å². The van der Waals surface area contributed by atoms with Crippen molar-refractivity contribution in [3.05, 3.63) is 30.5 Å². The smallest absolute Gasteiger partial charge is 0.132 e. The van der Waals surface area contributed by atoms with Gasteiger partial charge in [0.05, 0.1) is 11.1 Å². The van der Waals surface area contributed by atoms with Crippen molar-refractivity contribution >= 4 is 12.1 Å². The average molecular weight is 288 g/mol. The molecule has 21 heavy (non-hydrogen) atoms. The SMILES string of the molecule is C/C=C\N=C(C)n1cnc(C2(C=O)CC2C[C@@H](C)CN)c1. The van der Waals surface area contributed by atoms with Gasteiger partial charge >= 0.3 is 0 Å². The molecule has 3 atom stereocenters. The zero-order valence-corrected chi connectivity index (χ0v) is 13.0. The standard InChI is InChI=1S/C16H24N4O/c1-4-5-18-13(3)20-9-15(19-11-20)16(10-21)7-14(16)6-12(2)8-17/h4-5,9-12,14H,6-8,17H2,1-3H3/b5-4-,18-13?/t12-,14?,16?/m1/s1. The van der Waals surface area contributed by atoms with Crippen molar-refractivity contribution in [1.29, 1.82) is 0 Å². The minimum atomic E-state index is -0.407. The molecule has 0 aromatic carbocycles. The van der Waals surface area contributed by atoms with Crippen molar-refractivity contribution in [2.24, 2.45) is 22.6 Å². The molecule has 5 nitrogen and oxygen atoms in total. The topological polar surface area (TPSA) is 73.3 Å². The van der Waals surface area contributed by atoms with E-state index in [1.54, 1.807) is 12.5 Å². The molecule has 1 aliphatic rings. The number of carbonyl (C=O) groups excluding carboxylic acids is 1. The van der Waals surface area contributed by atoms with Crippen LogP contribution in [0.25, 0.3) is 0 Å². The first kappa shape index (κ1) is 15.6. The summed E-state index contributed by atoms with van der Waals surface area (Å²) in [5, 5.41) is 0. The van der Waals surface area contributed by atoms with Gasteiger partial charge in [-0.1, -0.05) is 13.0 Å². The van der Waals surface area contributed by atoms with Crippen LogP contribution < -0.4 is 5.73 Å². The van der Waals surface area contributed by atoms with Crippen LogP contribution in [0.1, 0.15) is 39.3 Å². The Kier molecular flexibility index (Phi) is 4.73. The number of hydrogen-bond donors (Lipinski definition) is 1. The van der Waals surface area contributed by atoms with Gasteiger partial charge in [-0.2, -0.15) is 0 Å². The summed E-state index contributed by atoms with van der Waals surface area (Å²) in [6, 6.07) is 0. The first-order valence-corrected chi connectivity index (χ1v) is 7.44. The third-order valence-corrected chi connectivity index (χ3v) is 4.30. The molecule has 0 aliphatic heterocycles. The highest BCUT2D eigenvalue weighted by Gasteiger charge is 2.56. The first-order chi connectivity index (χ1) is 10.1. The van der Waals surface area contributed by atoms with E-state index in [1.807, 2.05) is 30.7 Å². The van der Waals surface area contributed by atoms with Crippen LogP contribution in [0.2, 0.25) is 0 Å². The second kappa shape index (κ2) is 6.35. The van der Waals surface area contributed by atoms with E-state index >= 15 is 0 Å². The van der Waals surface area contributed by atoms with Crippen molar-refractivity contribution in [3.63, 3.8) is 0 Å².